The smallest absolute Gasteiger partial charge is 0.141 e. The van der Waals surface area contributed by atoms with Crippen molar-refractivity contribution in [3.05, 3.63) is 24.3 Å². The summed E-state index contributed by atoms with van der Waals surface area (Å²) in [4.78, 5) is 0. The van der Waals surface area contributed by atoms with E-state index < -0.39 is 0 Å². The fraction of sp³-hybridized carbons (Fsp3) is 0.500. The molecule has 1 atom stereocenters. The second-order valence-corrected chi connectivity index (χ2v) is 3.54. The highest BCUT2D eigenvalue weighted by atomic mass is 16.5. The molecule has 1 rings (SSSR count). The fourth-order valence-corrected chi connectivity index (χ4v) is 1.38. The number of aliphatic hydroxyl groups is 1. The molecule has 84 valence electrons. The third kappa shape index (κ3) is 3.44. The topological polar surface area (TPSA) is 41.5 Å². The molecule has 0 amide bonds. The maximum Gasteiger partial charge on any atom is 0.141 e. The van der Waals surface area contributed by atoms with Crippen LogP contribution in [0, 0.1) is 5.92 Å². The number of benzene rings is 1. The van der Waals surface area contributed by atoms with E-state index >= 15 is 0 Å². The molecule has 1 aromatic carbocycles. The number of nitrogens with one attached hydrogen (secondary N) is 1. The Morgan fingerprint density at radius 3 is 2.73 bits per heavy atom. The van der Waals surface area contributed by atoms with Gasteiger partial charge in [0, 0.05) is 13.2 Å². The second-order valence-electron chi connectivity index (χ2n) is 3.54. The van der Waals surface area contributed by atoms with Gasteiger partial charge in [-0.2, -0.15) is 0 Å². The molecule has 2 N–H and O–H groups in total. The summed E-state index contributed by atoms with van der Waals surface area (Å²) in [5, 5.41) is 12.3. The lowest BCUT2D eigenvalue weighted by atomic mass is 10.1. The predicted octanol–water partition coefficient (Wildman–Crippen LogP) is 2.13. The maximum atomic E-state index is 9.06. The van der Waals surface area contributed by atoms with E-state index in [2.05, 4.69) is 12.2 Å². The molecule has 0 spiro atoms. The van der Waals surface area contributed by atoms with Crippen LogP contribution in [0.5, 0.6) is 5.75 Å². The van der Waals surface area contributed by atoms with E-state index in [0.717, 1.165) is 24.4 Å². The summed E-state index contributed by atoms with van der Waals surface area (Å²) in [5.74, 6) is 1.14. The Morgan fingerprint density at radius 1 is 1.40 bits per heavy atom. The Hall–Kier alpha value is -1.22. The highest BCUT2D eigenvalue weighted by molar-refractivity contribution is 5.56. The van der Waals surface area contributed by atoms with Crippen LogP contribution >= 0.6 is 0 Å². The van der Waals surface area contributed by atoms with E-state index in [4.69, 9.17) is 9.84 Å². The first-order valence-corrected chi connectivity index (χ1v) is 5.29. The molecule has 3 nitrogen and oxygen atoms in total. The van der Waals surface area contributed by atoms with Crippen LogP contribution in [0.2, 0.25) is 0 Å². The molecular weight excluding hydrogens is 190 g/mol. The SMILES string of the molecule is CCC(CO)CNc1ccccc1OC. The zero-order valence-corrected chi connectivity index (χ0v) is 9.36. The van der Waals surface area contributed by atoms with E-state index in [1.807, 2.05) is 24.3 Å². The minimum Gasteiger partial charge on any atom is -0.495 e. The van der Waals surface area contributed by atoms with Gasteiger partial charge in [-0.1, -0.05) is 19.1 Å². The van der Waals surface area contributed by atoms with Crippen LogP contribution in [0.1, 0.15) is 13.3 Å². The van der Waals surface area contributed by atoms with Crippen molar-refractivity contribution < 1.29 is 9.84 Å². The van der Waals surface area contributed by atoms with Crippen LogP contribution in [-0.2, 0) is 0 Å². The first-order chi connectivity index (χ1) is 7.31. The summed E-state index contributed by atoms with van der Waals surface area (Å²) in [5.41, 5.74) is 0.979. The van der Waals surface area contributed by atoms with E-state index in [9.17, 15) is 0 Å². The maximum absolute atomic E-state index is 9.06. The van der Waals surface area contributed by atoms with Crippen LogP contribution in [0.25, 0.3) is 0 Å². The Morgan fingerprint density at radius 2 is 2.13 bits per heavy atom. The van der Waals surface area contributed by atoms with Gasteiger partial charge in [-0.3, -0.25) is 0 Å². The van der Waals surface area contributed by atoms with Crippen molar-refractivity contribution >= 4 is 5.69 Å². The standard InChI is InChI=1S/C12H19NO2/c1-3-10(9-14)8-13-11-6-4-5-7-12(11)15-2/h4-7,10,13-14H,3,8-9H2,1-2H3. The van der Waals surface area contributed by atoms with Crippen LogP contribution in [-0.4, -0.2) is 25.4 Å². The third-order valence-electron chi connectivity index (χ3n) is 2.52. The van der Waals surface area contributed by atoms with Gasteiger partial charge in [0.2, 0.25) is 0 Å². The lowest BCUT2D eigenvalue weighted by Crippen LogP contribution is -2.17. The van der Waals surface area contributed by atoms with Crippen LogP contribution in [0.3, 0.4) is 0 Å². The molecule has 0 fully saturated rings. The number of anilines is 1. The number of methoxy groups -OCH3 is 1. The lowest BCUT2D eigenvalue weighted by Gasteiger charge is -2.15. The van der Waals surface area contributed by atoms with Gasteiger partial charge in [0.1, 0.15) is 5.75 Å². The molecule has 0 aliphatic carbocycles. The zero-order valence-electron chi connectivity index (χ0n) is 9.36. The average Bonchev–Trinajstić information content (AvgIpc) is 2.31. The molecule has 3 heteroatoms. The summed E-state index contributed by atoms with van der Waals surface area (Å²) in [6.07, 6.45) is 0.971. The number of hydrogen-bond donors (Lipinski definition) is 2. The molecule has 0 aromatic heterocycles. The third-order valence-corrected chi connectivity index (χ3v) is 2.52. The van der Waals surface area contributed by atoms with Crippen molar-refractivity contribution in [2.75, 3.05) is 25.6 Å². The van der Waals surface area contributed by atoms with E-state index in [0.29, 0.717) is 5.92 Å². The minimum atomic E-state index is 0.221. The van der Waals surface area contributed by atoms with Crippen molar-refractivity contribution in [3.63, 3.8) is 0 Å². The monoisotopic (exact) mass is 209 g/mol. The number of para-hydroxylation sites is 2. The predicted molar refractivity (Wildman–Crippen MR) is 62.4 cm³/mol. The quantitative estimate of drug-likeness (QED) is 0.754. The first-order valence-electron chi connectivity index (χ1n) is 5.29. The molecule has 15 heavy (non-hydrogen) atoms. The summed E-state index contributed by atoms with van der Waals surface area (Å²) >= 11 is 0. The van der Waals surface area contributed by atoms with E-state index in [-0.39, 0.29) is 6.61 Å². The van der Waals surface area contributed by atoms with Crippen molar-refractivity contribution in [2.45, 2.75) is 13.3 Å². The van der Waals surface area contributed by atoms with Gasteiger partial charge >= 0.3 is 0 Å². The van der Waals surface area contributed by atoms with Gasteiger partial charge in [-0.05, 0) is 24.5 Å². The Labute approximate surface area is 91.1 Å². The molecule has 0 heterocycles. The highest BCUT2D eigenvalue weighted by Crippen LogP contribution is 2.23. The van der Waals surface area contributed by atoms with Gasteiger partial charge in [0.15, 0.2) is 0 Å². The molecular formula is C12H19NO2. The normalized spacial score (nSPS) is 12.2. The van der Waals surface area contributed by atoms with Crippen LogP contribution in [0.4, 0.5) is 5.69 Å². The second kappa shape index (κ2) is 6.30. The molecule has 0 aliphatic rings. The Kier molecular flexibility index (Phi) is 4.98. The average molecular weight is 209 g/mol. The molecule has 0 saturated heterocycles. The molecule has 0 aliphatic heterocycles. The Bertz CT molecular complexity index is 285. The van der Waals surface area contributed by atoms with Gasteiger partial charge < -0.3 is 15.2 Å². The van der Waals surface area contributed by atoms with Crippen molar-refractivity contribution in [2.24, 2.45) is 5.92 Å². The van der Waals surface area contributed by atoms with Gasteiger partial charge in [0.25, 0.3) is 0 Å². The molecule has 1 aromatic rings. The van der Waals surface area contributed by atoms with Gasteiger partial charge in [-0.15, -0.1) is 0 Å². The lowest BCUT2D eigenvalue weighted by molar-refractivity contribution is 0.230. The van der Waals surface area contributed by atoms with Crippen molar-refractivity contribution in [1.82, 2.24) is 0 Å². The van der Waals surface area contributed by atoms with Crippen LogP contribution in [0.15, 0.2) is 24.3 Å². The van der Waals surface area contributed by atoms with Crippen LogP contribution < -0.4 is 10.1 Å². The number of rotatable bonds is 6. The molecule has 0 radical (unpaired) electrons. The zero-order chi connectivity index (χ0) is 11.1. The highest BCUT2D eigenvalue weighted by Gasteiger charge is 2.06. The molecule has 1 unspecified atom stereocenters. The summed E-state index contributed by atoms with van der Waals surface area (Å²) in [6, 6.07) is 7.79. The number of hydrogen-bond acceptors (Lipinski definition) is 3. The van der Waals surface area contributed by atoms with E-state index in [1.54, 1.807) is 7.11 Å². The largest absolute Gasteiger partial charge is 0.495 e. The Balaban J connectivity index is 2.56. The van der Waals surface area contributed by atoms with E-state index in [1.165, 1.54) is 0 Å². The minimum absolute atomic E-state index is 0.221. The number of aliphatic hydroxyl groups excluding tert-OH is 1. The molecule has 0 saturated carbocycles. The van der Waals surface area contributed by atoms with Crippen molar-refractivity contribution in [3.8, 4) is 5.75 Å². The first kappa shape index (κ1) is 11.9. The van der Waals surface area contributed by atoms with Gasteiger partial charge in [0.05, 0.1) is 12.8 Å². The fourth-order valence-electron chi connectivity index (χ4n) is 1.38. The molecule has 0 bridgehead atoms. The van der Waals surface area contributed by atoms with Crippen molar-refractivity contribution in [1.29, 1.82) is 0 Å². The summed E-state index contributed by atoms with van der Waals surface area (Å²) < 4.78 is 5.22. The summed E-state index contributed by atoms with van der Waals surface area (Å²) in [6.45, 7) is 3.07. The van der Waals surface area contributed by atoms with Gasteiger partial charge in [-0.25, -0.2) is 0 Å². The summed E-state index contributed by atoms with van der Waals surface area (Å²) in [7, 11) is 1.66. The number of ether oxygens (including phenoxy) is 1.